The molecule has 252 valence electrons. The molecule has 0 N–H and O–H groups in total. The van der Waals surface area contributed by atoms with Crippen molar-refractivity contribution in [1.82, 2.24) is 13.7 Å². The molecule has 0 aliphatic carbocycles. The van der Waals surface area contributed by atoms with Crippen LogP contribution in [0.1, 0.15) is 5.56 Å². The predicted octanol–water partition coefficient (Wildman–Crippen LogP) is 13.0. The largest absolute Gasteiger partial charge is 0.308 e. The van der Waals surface area contributed by atoms with Crippen LogP contribution in [0.5, 0.6) is 0 Å². The molecule has 5 heteroatoms. The molecule has 4 nitrogen and oxygen atoms in total. The molecule has 0 aliphatic heterocycles. The van der Waals surface area contributed by atoms with Crippen molar-refractivity contribution in [3.05, 3.63) is 188 Å². The van der Waals surface area contributed by atoms with E-state index in [4.69, 9.17) is 0 Å². The molecule has 0 fully saturated rings. The van der Waals surface area contributed by atoms with Crippen LogP contribution in [-0.4, -0.2) is 13.7 Å². The van der Waals surface area contributed by atoms with E-state index in [0.29, 0.717) is 5.56 Å². The lowest BCUT2D eigenvalue weighted by Crippen LogP contribution is -1.98. The second-order valence-electron chi connectivity index (χ2n) is 13.6. The summed E-state index contributed by atoms with van der Waals surface area (Å²) in [5.41, 5.74) is 11.1. The molecule has 0 saturated heterocycles. The fourth-order valence-electron chi connectivity index (χ4n) is 8.55. The molecule has 0 spiro atoms. The lowest BCUT2D eigenvalue weighted by molar-refractivity contribution is 1.17. The van der Waals surface area contributed by atoms with Crippen molar-refractivity contribution in [3.8, 4) is 23.1 Å². The second kappa shape index (κ2) is 12.0. The van der Waals surface area contributed by atoms with Crippen molar-refractivity contribution in [2.24, 2.45) is 0 Å². The third kappa shape index (κ3) is 4.38. The van der Waals surface area contributed by atoms with E-state index in [-0.39, 0.29) is 0 Å². The fourth-order valence-corrected chi connectivity index (χ4v) is 9.44. The van der Waals surface area contributed by atoms with Gasteiger partial charge in [0.1, 0.15) is 6.07 Å². The number of hydrogen-bond acceptors (Lipinski definition) is 2. The number of hydrogen-bond donors (Lipinski definition) is 0. The van der Waals surface area contributed by atoms with Gasteiger partial charge in [-0.3, -0.25) is 0 Å². The highest BCUT2D eigenvalue weighted by Crippen LogP contribution is 2.50. The summed E-state index contributed by atoms with van der Waals surface area (Å²) in [5.74, 6) is 0. The molecule has 8 aromatic carbocycles. The van der Waals surface area contributed by atoms with E-state index < -0.39 is 0 Å². The molecule has 0 amide bonds. The highest BCUT2D eigenvalue weighted by Gasteiger charge is 2.28. The Balaban J connectivity index is 1.35. The molecule has 0 atom stereocenters. The third-order valence-electron chi connectivity index (χ3n) is 10.7. The highest BCUT2D eigenvalue weighted by molar-refractivity contribution is 7.99. The number of nitrogens with zero attached hydrogens (tertiary/aromatic N) is 4. The van der Waals surface area contributed by atoms with Gasteiger partial charge in [0.2, 0.25) is 0 Å². The Kier molecular flexibility index (Phi) is 6.82. The normalized spacial score (nSPS) is 11.8. The van der Waals surface area contributed by atoms with Crippen LogP contribution in [0.15, 0.2) is 192 Å². The summed E-state index contributed by atoms with van der Waals surface area (Å²) in [5, 5.41) is 17.1. The van der Waals surface area contributed by atoms with Gasteiger partial charge in [0.25, 0.3) is 0 Å². The summed E-state index contributed by atoms with van der Waals surface area (Å²) in [4.78, 5) is 2.04. The number of aromatic nitrogens is 3. The third-order valence-corrected chi connectivity index (χ3v) is 11.8. The average molecular weight is 707 g/mol. The Morgan fingerprint density at radius 1 is 0.370 bits per heavy atom. The van der Waals surface area contributed by atoms with Crippen molar-refractivity contribution in [3.63, 3.8) is 0 Å². The van der Waals surface area contributed by atoms with E-state index in [2.05, 4.69) is 177 Å². The molecule has 0 radical (unpaired) electrons. The van der Waals surface area contributed by atoms with Crippen LogP contribution in [0.3, 0.4) is 0 Å². The second-order valence-corrected chi connectivity index (χ2v) is 14.7. The topological polar surface area (TPSA) is 38.6 Å². The van der Waals surface area contributed by atoms with Gasteiger partial charge in [-0.15, -0.1) is 0 Å². The minimum atomic E-state index is 0.684. The first kappa shape index (κ1) is 30.6. The van der Waals surface area contributed by atoms with E-state index >= 15 is 0 Å². The van der Waals surface area contributed by atoms with E-state index in [9.17, 15) is 5.26 Å². The first-order chi connectivity index (χ1) is 26.8. The van der Waals surface area contributed by atoms with Crippen LogP contribution >= 0.6 is 11.8 Å². The highest BCUT2D eigenvalue weighted by atomic mass is 32.2. The van der Waals surface area contributed by atoms with E-state index in [1.807, 2.05) is 24.3 Å². The van der Waals surface area contributed by atoms with Gasteiger partial charge < -0.3 is 13.7 Å². The zero-order chi connectivity index (χ0) is 35.8. The molecule has 11 aromatic rings. The molecule has 3 heterocycles. The standard InChI is InChI=1S/C49H30N4S/c50-31-32-15-7-14-26-43(32)54-36-29-27-35(28-30-36)53-42-25-13-10-22-39(42)46-48-44(37-20-8-11-23-40(37)51(48)33-16-3-1-4-17-33)47-45(49(46)53)38-21-9-12-24-41(38)52(47)34-18-5-2-6-19-34/h1-30H. The van der Waals surface area contributed by atoms with Crippen LogP contribution in [-0.2, 0) is 0 Å². The Labute approximate surface area is 315 Å². The molecular weight excluding hydrogens is 677 g/mol. The Hall–Kier alpha value is -7.00. The minimum Gasteiger partial charge on any atom is -0.308 e. The lowest BCUT2D eigenvalue weighted by Gasteiger charge is -2.14. The molecular formula is C49H30N4S. The van der Waals surface area contributed by atoms with Crippen LogP contribution in [0.4, 0.5) is 0 Å². The minimum absolute atomic E-state index is 0.684. The van der Waals surface area contributed by atoms with Crippen molar-refractivity contribution in [1.29, 1.82) is 5.26 Å². The van der Waals surface area contributed by atoms with Gasteiger partial charge in [0.05, 0.1) is 38.7 Å². The van der Waals surface area contributed by atoms with Gasteiger partial charge in [-0.1, -0.05) is 115 Å². The number of nitriles is 1. The summed E-state index contributed by atoms with van der Waals surface area (Å²) in [6.45, 7) is 0. The maximum atomic E-state index is 9.75. The molecule has 54 heavy (non-hydrogen) atoms. The van der Waals surface area contributed by atoms with E-state index in [1.165, 1.54) is 59.9 Å². The smallest absolute Gasteiger partial charge is 0.100 e. The van der Waals surface area contributed by atoms with Crippen LogP contribution in [0.2, 0.25) is 0 Å². The molecule has 0 bridgehead atoms. The fraction of sp³-hybridized carbons (Fsp3) is 0. The van der Waals surface area contributed by atoms with E-state index in [0.717, 1.165) is 32.4 Å². The summed E-state index contributed by atoms with van der Waals surface area (Å²) in [7, 11) is 0. The maximum absolute atomic E-state index is 9.75. The predicted molar refractivity (Wildman–Crippen MR) is 225 cm³/mol. The zero-order valence-electron chi connectivity index (χ0n) is 29.0. The zero-order valence-corrected chi connectivity index (χ0v) is 29.8. The summed E-state index contributed by atoms with van der Waals surface area (Å²) < 4.78 is 7.42. The van der Waals surface area contributed by atoms with Gasteiger partial charge in [0.15, 0.2) is 0 Å². The molecule has 3 aromatic heterocycles. The Bertz CT molecular complexity index is 3220. The summed E-state index contributed by atoms with van der Waals surface area (Å²) >= 11 is 1.62. The van der Waals surface area contributed by atoms with E-state index in [1.54, 1.807) is 11.8 Å². The van der Waals surface area contributed by atoms with Gasteiger partial charge >= 0.3 is 0 Å². The molecule has 0 saturated carbocycles. The lowest BCUT2D eigenvalue weighted by atomic mass is 10.0. The summed E-state index contributed by atoms with van der Waals surface area (Å²) in [6.07, 6.45) is 0. The quantitative estimate of drug-likeness (QED) is 0.179. The molecule has 0 unspecified atom stereocenters. The molecule has 0 aliphatic rings. The van der Waals surface area contributed by atoms with Crippen molar-refractivity contribution in [2.45, 2.75) is 9.79 Å². The van der Waals surface area contributed by atoms with Crippen LogP contribution in [0, 0.1) is 11.3 Å². The van der Waals surface area contributed by atoms with Crippen molar-refractivity contribution >= 4 is 77.2 Å². The monoisotopic (exact) mass is 706 g/mol. The van der Waals surface area contributed by atoms with Gasteiger partial charge in [-0.2, -0.15) is 5.26 Å². The SMILES string of the molecule is N#Cc1ccccc1Sc1ccc(-n2c3ccccc3c3c4c(c5ccccc5n4-c4ccccc4)c4c(c5ccccc5n4-c4ccccc4)c32)cc1. The number of fused-ring (bicyclic) bond motifs is 12. The molecule has 11 rings (SSSR count). The van der Waals surface area contributed by atoms with Crippen LogP contribution in [0.25, 0.3) is 82.5 Å². The van der Waals surface area contributed by atoms with Crippen molar-refractivity contribution < 1.29 is 0 Å². The van der Waals surface area contributed by atoms with Gasteiger partial charge in [-0.25, -0.2) is 0 Å². The number of rotatable bonds is 5. The Morgan fingerprint density at radius 3 is 1.19 bits per heavy atom. The first-order valence-corrected chi connectivity index (χ1v) is 18.9. The average Bonchev–Trinajstić information content (AvgIpc) is 3.88. The van der Waals surface area contributed by atoms with Gasteiger partial charge in [0, 0.05) is 59.2 Å². The maximum Gasteiger partial charge on any atom is 0.100 e. The van der Waals surface area contributed by atoms with Gasteiger partial charge in [-0.05, 0) is 78.9 Å². The summed E-state index contributed by atoms with van der Waals surface area (Å²) in [6, 6.07) is 67.1. The van der Waals surface area contributed by atoms with Crippen LogP contribution < -0.4 is 0 Å². The van der Waals surface area contributed by atoms with Crippen molar-refractivity contribution in [2.75, 3.05) is 0 Å². The number of para-hydroxylation sites is 5. The number of benzene rings is 8. The first-order valence-electron chi connectivity index (χ1n) is 18.1. The Morgan fingerprint density at radius 2 is 0.741 bits per heavy atom.